The molecule has 0 aliphatic heterocycles. The van der Waals surface area contributed by atoms with Crippen LogP contribution in [-0.2, 0) is 4.74 Å². The third kappa shape index (κ3) is 7.94. The number of ether oxygens (including phenoxy) is 1. The zero-order valence-electron chi connectivity index (χ0n) is 5.72. The van der Waals surface area contributed by atoms with Crippen molar-refractivity contribution in [1.29, 1.82) is 0 Å². The molecule has 2 nitrogen and oxygen atoms in total. The quantitative estimate of drug-likeness (QED) is 0.347. The van der Waals surface area contributed by atoms with Gasteiger partial charge in [0.2, 0.25) is 0 Å². The molecule has 0 heterocycles. The predicted octanol–water partition coefficient (Wildman–Crippen LogP) is 0.963. The molecule has 0 aromatic rings. The molecule has 0 fully saturated rings. The molecular formula is C6H12FNOS. The second kappa shape index (κ2) is 8.94. The fourth-order valence-corrected chi connectivity index (χ4v) is 0.525. The number of thiol groups is 1. The summed E-state index contributed by atoms with van der Waals surface area (Å²) in [5, 5.41) is 2.84. The van der Waals surface area contributed by atoms with Crippen LogP contribution in [-0.4, -0.2) is 25.6 Å². The Morgan fingerprint density at radius 1 is 1.60 bits per heavy atom. The van der Waals surface area contributed by atoms with Crippen molar-refractivity contribution in [1.82, 2.24) is 5.32 Å². The zero-order chi connectivity index (χ0) is 7.66. The van der Waals surface area contributed by atoms with E-state index in [1.165, 1.54) is 6.08 Å². The van der Waals surface area contributed by atoms with E-state index < -0.39 is 0 Å². The van der Waals surface area contributed by atoms with E-state index in [0.717, 1.165) is 0 Å². The standard InChI is InChI=1S/C6H12FNOS/c7-2-1-3-8-6-9-4-5-10/h1-2,8,10H,3-6H2/b2-1+. The molecule has 0 bridgehead atoms. The van der Waals surface area contributed by atoms with Crippen LogP contribution in [0.4, 0.5) is 4.39 Å². The first-order valence-corrected chi connectivity index (χ1v) is 3.69. The first-order chi connectivity index (χ1) is 4.91. The van der Waals surface area contributed by atoms with Gasteiger partial charge in [0, 0.05) is 12.3 Å². The number of hydrogen-bond acceptors (Lipinski definition) is 3. The third-order valence-corrected chi connectivity index (χ3v) is 0.974. The highest BCUT2D eigenvalue weighted by atomic mass is 32.1. The van der Waals surface area contributed by atoms with Crippen LogP contribution in [0.1, 0.15) is 0 Å². The van der Waals surface area contributed by atoms with Crippen LogP contribution in [0.15, 0.2) is 12.4 Å². The molecule has 4 heteroatoms. The Morgan fingerprint density at radius 2 is 2.40 bits per heavy atom. The Morgan fingerprint density at radius 3 is 3.00 bits per heavy atom. The summed E-state index contributed by atoms with van der Waals surface area (Å²) in [6.45, 7) is 1.57. The van der Waals surface area contributed by atoms with Crippen molar-refractivity contribution >= 4 is 12.6 Å². The van der Waals surface area contributed by atoms with Crippen molar-refractivity contribution in [2.45, 2.75) is 0 Å². The molecular weight excluding hydrogens is 153 g/mol. The summed E-state index contributed by atoms with van der Waals surface area (Å²) in [7, 11) is 0. The molecule has 0 aromatic heterocycles. The largest absolute Gasteiger partial charge is 0.365 e. The lowest BCUT2D eigenvalue weighted by Gasteiger charge is -2.00. The minimum absolute atomic E-state index is 0.449. The lowest BCUT2D eigenvalue weighted by atomic mass is 10.6. The van der Waals surface area contributed by atoms with Crippen LogP contribution in [0.3, 0.4) is 0 Å². The Kier molecular flexibility index (Phi) is 8.89. The van der Waals surface area contributed by atoms with E-state index in [2.05, 4.69) is 17.9 Å². The van der Waals surface area contributed by atoms with E-state index in [4.69, 9.17) is 4.74 Å². The Hall–Kier alpha value is -0.0600. The minimum atomic E-state index is 0.449. The Labute approximate surface area is 65.9 Å². The van der Waals surface area contributed by atoms with Gasteiger partial charge in [-0.3, -0.25) is 5.32 Å². The van der Waals surface area contributed by atoms with Crippen molar-refractivity contribution in [3.05, 3.63) is 12.4 Å². The van der Waals surface area contributed by atoms with Crippen LogP contribution in [0.2, 0.25) is 0 Å². The fourth-order valence-electron chi connectivity index (χ4n) is 0.396. The van der Waals surface area contributed by atoms with Gasteiger partial charge in [-0.1, -0.05) is 0 Å². The molecule has 0 rings (SSSR count). The molecule has 0 spiro atoms. The number of rotatable bonds is 6. The summed E-state index contributed by atoms with van der Waals surface area (Å²) in [5.74, 6) is 0.709. The molecule has 0 saturated heterocycles. The maximum Gasteiger partial charge on any atom is 0.0968 e. The van der Waals surface area contributed by atoms with E-state index in [1.807, 2.05) is 0 Å². The Balaban J connectivity index is 2.77. The van der Waals surface area contributed by atoms with E-state index in [1.54, 1.807) is 0 Å². The molecule has 0 atom stereocenters. The van der Waals surface area contributed by atoms with Gasteiger partial charge < -0.3 is 4.74 Å². The second-order valence-electron chi connectivity index (χ2n) is 1.59. The maximum atomic E-state index is 11.3. The molecule has 0 aliphatic carbocycles. The molecule has 0 aromatic carbocycles. The van der Waals surface area contributed by atoms with Crippen LogP contribution in [0.25, 0.3) is 0 Å². The molecule has 0 saturated carbocycles. The lowest BCUT2D eigenvalue weighted by molar-refractivity contribution is 0.134. The van der Waals surface area contributed by atoms with Gasteiger partial charge in [-0.2, -0.15) is 12.6 Å². The molecule has 1 N–H and O–H groups in total. The highest BCUT2D eigenvalue weighted by molar-refractivity contribution is 7.80. The number of nitrogens with one attached hydrogen (secondary N) is 1. The molecule has 0 unspecified atom stereocenters. The van der Waals surface area contributed by atoms with Crippen molar-refractivity contribution < 1.29 is 9.13 Å². The number of hydrogen-bond donors (Lipinski definition) is 2. The zero-order valence-corrected chi connectivity index (χ0v) is 6.61. The van der Waals surface area contributed by atoms with Crippen LogP contribution < -0.4 is 5.32 Å². The molecule has 0 aliphatic rings. The summed E-state index contributed by atoms with van der Waals surface area (Å²) in [4.78, 5) is 0. The van der Waals surface area contributed by atoms with Crippen molar-refractivity contribution in [2.24, 2.45) is 0 Å². The van der Waals surface area contributed by atoms with Crippen molar-refractivity contribution in [3.63, 3.8) is 0 Å². The monoisotopic (exact) mass is 165 g/mol. The molecule has 60 valence electrons. The van der Waals surface area contributed by atoms with Crippen LogP contribution in [0, 0.1) is 0 Å². The van der Waals surface area contributed by atoms with Gasteiger partial charge in [0.25, 0.3) is 0 Å². The average Bonchev–Trinajstić information content (AvgIpc) is 1.97. The van der Waals surface area contributed by atoms with Gasteiger partial charge in [0.15, 0.2) is 0 Å². The van der Waals surface area contributed by atoms with Gasteiger partial charge in [0.1, 0.15) is 0 Å². The molecule has 10 heavy (non-hydrogen) atoms. The summed E-state index contributed by atoms with van der Waals surface area (Å²) in [6, 6.07) is 0. The van der Waals surface area contributed by atoms with Crippen molar-refractivity contribution in [3.8, 4) is 0 Å². The highest BCUT2D eigenvalue weighted by Crippen LogP contribution is 1.75. The minimum Gasteiger partial charge on any atom is -0.365 e. The van der Waals surface area contributed by atoms with E-state index in [0.29, 0.717) is 32.0 Å². The van der Waals surface area contributed by atoms with E-state index >= 15 is 0 Å². The van der Waals surface area contributed by atoms with Gasteiger partial charge in [0.05, 0.1) is 19.7 Å². The third-order valence-electron chi connectivity index (χ3n) is 0.791. The first kappa shape index (κ1) is 9.94. The fraction of sp³-hybridized carbons (Fsp3) is 0.667. The molecule has 0 radical (unpaired) electrons. The van der Waals surface area contributed by atoms with Crippen molar-refractivity contribution in [2.75, 3.05) is 25.6 Å². The van der Waals surface area contributed by atoms with Crippen LogP contribution >= 0.6 is 12.6 Å². The predicted molar refractivity (Wildman–Crippen MR) is 42.9 cm³/mol. The topological polar surface area (TPSA) is 21.3 Å². The number of halogens is 1. The summed E-state index contributed by atoms with van der Waals surface area (Å²) < 4.78 is 16.3. The molecule has 0 amide bonds. The normalized spacial score (nSPS) is 11.0. The van der Waals surface area contributed by atoms with E-state index in [9.17, 15) is 4.39 Å². The average molecular weight is 165 g/mol. The van der Waals surface area contributed by atoms with E-state index in [-0.39, 0.29) is 0 Å². The van der Waals surface area contributed by atoms with Crippen LogP contribution in [0.5, 0.6) is 0 Å². The Bertz CT molecular complexity index is 89.8. The van der Waals surface area contributed by atoms with Gasteiger partial charge in [-0.05, 0) is 6.08 Å². The maximum absolute atomic E-state index is 11.3. The first-order valence-electron chi connectivity index (χ1n) is 3.06. The van der Waals surface area contributed by atoms with Gasteiger partial charge >= 0.3 is 0 Å². The highest BCUT2D eigenvalue weighted by Gasteiger charge is 1.81. The van der Waals surface area contributed by atoms with Gasteiger partial charge in [-0.15, -0.1) is 0 Å². The second-order valence-corrected chi connectivity index (χ2v) is 2.04. The summed E-state index contributed by atoms with van der Waals surface area (Å²) >= 11 is 3.94. The summed E-state index contributed by atoms with van der Waals surface area (Å²) in [6.07, 6.45) is 1.88. The van der Waals surface area contributed by atoms with Gasteiger partial charge in [-0.25, -0.2) is 4.39 Å². The summed E-state index contributed by atoms with van der Waals surface area (Å²) in [5.41, 5.74) is 0. The SMILES string of the molecule is F/C=C/CNCOCCS. The lowest BCUT2D eigenvalue weighted by Crippen LogP contribution is -2.18. The smallest absolute Gasteiger partial charge is 0.0968 e.